The molecule has 1 aromatic carbocycles. The monoisotopic (exact) mass is 373 g/mol. The number of thioether (sulfide) groups is 1. The lowest BCUT2D eigenvalue weighted by atomic mass is 10.2. The Morgan fingerprint density at radius 3 is 2.81 bits per heavy atom. The van der Waals surface area contributed by atoms with Crippen LogP contribution in [0.5, 0.6) is 0 Å². The van der Waals surface area contributed by atoms with E-state index in [0.29, 0.717) is 17.5 Å². The van der Waals surface area contributed by atoms with Gasteiger partial charge in [-0.25, -0.2) is 13.9 Å². The van der Waals surface area contributed by atoms with E-state index < -0.39 is 0 Å². The molecule has 3 rings (SSSR count). The number of nitrogens with zero attached hydrogens (tertiary/aromatic N) is 5. The van der Waals surface area contributed by atoms with Crippen molar-refractivity contribution >= 4 is 23.4 Å². The highest BCUT2D eigenvalue weighted by Gasteiger charge is 2.21. The van der Waals surface area contributed by atoms with E-state index in [-0.39, 0.29) is 17.0 Å². The van der Waals surface area contributed by atoms with Crippen molar-refractivity contribution in [3.05, 3.63) is 53.1 Å². The number of rotatable bonds is 5. The second-order valence-corrected chi connectivity index (χ2v) is 7.54. The number of benzene rings is 1. The fraction of sp³-hybridized carbons (Fsp3) is 0.333. The molecule has 1 amide bonds. The molecular formula is C18H20FN5OS. The minimum atomic E-state index is -0.368. The van der Waals surface area contributed by atoms with Crippen molar-refractivity contribution in [3.63, 3.8) is 0 Å². The van der Waals surface area contributed by atoms with Gasteiger partial charge in [0.05, 0.1) is 5.25 Å². The Morgan fingerprint density at radius 2 is 2.08 bits per heavy atom. The summed E-state index contributed by atoms with van der Waals surface area (Å²) >= 11 is 1.29. The van der Waals surface area contributed by atoms with Gasteiger partial charge in [-0.2, -0.15) is 4.98 Å². The molecule has 0 aliphatic rings. The zero-order chi connectivity index (χ0) is 18.8. The molecule has 8 heteroatoms. The van der Waals surface area contributed by atoms with E-state index in [9.17, 15) is 9.18 Å². The number of hydrogen-bond donors (Lipinski definition) is 0. The number of amides is 1. The highest BCUT2D eigenvalue weighted by molar-refractivity contribution is 8.00. The van der Waals surface area contributed by atoms with E-state index in [4.69, 9.17) is 0 Å². The molecule has 0 bridgehead atoms. The first-order chi connectivity index (χ1) is 12.3. The number of aromatic nitrogens is 4. The largest absolute Gasteiger partial charge is 0.340 e. The Hall–Kier alpha value is -2.48. The molecule has 136 valence electrons. The Balaban J connectivity index is 1.69. The molecule has 0 N–H and O–H groups in total. The minimum absolute atomic E-state index is 0.0704. The van der Waals surface area contributed by atoms with Crippen LogP contribution in [0.3, 0.4) is 0 Å². The third-order valence-corrected chi connectivity index (χ3v) is 4.85. The van der Waals surface area contributed by atoms with Gasteiger partial charge in [0.1, 0.15) is 5.82 Å². The number of carbonyl (C=O) groups is 1. The van der Waals surface area contributed by atoms with Gasteiger partial charge in [0, 0.05) is 25.0 Å². The molecule has 3 aromatic rings. The normalized spacial score (nSPS) is 12.3. The van der Waals surface area contributed by atoms with Crippen molar-refractivity contribution in [1.82, 2.24) is 24.5 Å². The summed E-state index contributed by atoms with van der Waals surface area (Å²) in [6, 6.07) is 8.18. The number of carbonyl (C=O) groups excluding carboxylic acids is 1. The predicted octanol–water partition coefficient (Wildman–Crippen LogP) is 3.02. The van der Waals surface area contributed by atoms with Gasteiger partial charge in [-0.3, -0.25) is 4.79 Å². The molecule has 0 aliphatic heterocycles. The fourth-order valence-corrected chi connectivity index (χ4v) is 3.56. The molecule has 2 heterocycles. The third-order valence-electron chi connectivity index (χ3n) is 3.91. The molecule has 0 radical (unpaired) electrons. The molecule has 26 heavy (non-hydrogen) atoms. The van der Waals surface area contributed by atoms with E-state index in [1.807, 2.05) is 26.8 Å². The number of fused-ring (bicyclic) bond motifs is 1. The van der Waals surface area contributed by atoms with Gasteiger partial charge >= 0.3 is 0 Å². The van der Waals surface area contributed by atoms with Crippen molar-refractivity contribution < 1.29 is 9.18 Å². The molecule has 0 fully saturated rings. The fourth-order valence-electron chi connectivity index (χ4n) is 2.70. The van der Waals surface area contributed by atoms with Gasteiger partial charge in [0.2, 0.25) is 11.1 Å². The molecule has 6 nitrogen and oxygen atoms in total. The van der Waals surface area contributed by atoms with Gasteiger partial charge in [0.15, 0.2) is 0 Å². The van der Waals surface area contributed by atoms with Crippen molar-refractivity contribution in [1.29, 1.82) is 0 Å². The zero-order valence-corrected chi connectivity index (χ0v) is 15.9. The second kappa shape index (κ2) is 7.41. The lowest BCUT2D eigenvalue weighted by molar-refractivity contribution is -0.129. The third kappa shape index (κ3) is 4.01. The molecule has 0 saturated heterocycles. The summed E-state index contributed by atoms with van der Waals surface area (Å²) in [5.41, 5.74) is 2.56. The van der Waals surface area contributed by atoms with Crippen LogP contribution in [-0.4, -0.2) is 42.7 Å². The maximum absolute atomic E-state index is 13.3. The minimum Gasteiger partial charge on any atom is -0.340 e. The Kier molecular flexibility index (Phi) is 5.22. The van der Waals surface area contributed by atoms with Crippen LogP contribution in [0.25, 0.3) is 5.78 Å². The van der Waals surface area contributed by atoms with Crippen LogP contribution < -0.4 is 0 Å². The van der Waals surface area contributed by atoms with Crippen LogP contribution in [0.15, 0.2) is 35.5 Å². The maximum Gasteiger partial charge on any atom is 0.253 e. The Morgan fingerprint density at radius 1 is 1.31 bits per heavy atom. The van der Waals surface area contributed by atoms with Crippen LogP contribution in [0.2, 0.25) is 0 Å². The Bertz CT molecular complexity index is 958. The molecule has 1 unspecified atom stereocenters. The molecule has 2 aromatic heterocycles. The predicted molar refractivity (Wildman–Crippen MR) is 98.4 cm³/mol. The standard InChI is InChI=1S/C18H20FN5OS/c1-11-8-12(2)24-17(20-11)21-18(22-24)26-13(3)16(25)23(4)10-14-6-5-7-15(19)9-14/h5-9,13H,10H2,1-4H3. The summed E-state index contributed by atoms with van der Waals surface area (Å²) in [5, 5.41) is 4.55. The zero-order valence-electron chi connectivity index (χ0n) is 15.1. The molecular weight excluding hydrogens is 353 g/mol. The van der Waals surface area contributed by atoms with Crippen LogP contribution in [0.4, 0.5) is 4.39 Å². The van der Waals surface area contributed by atoms with Crippen molar-refractivity contribution in [3.8, 4) is 0 Å². The Labute approximate surface area is 155 Å². The van der Waals surface area contributed by atoms with Crippen molar-refractivity contribution in [2.24, 2.45) is 0 Å². The number of halogens is 1. The maximum atomic E-state index is 13.3. The van der Waals surface area contributed by atoms with E-state index in [0.717, 1.165) is 17.0 Å². The van der Waals surface area contributed by atoms with Gasteiger partial charge in [-0.05, 0) is 44.5 Å². The van der Waals surface area contributed by atoms with Gasteiger partial charge in [-0.15, -0.1) is 5.10 Å². The lowest BCUT2D eigenvalue weighted by Gasteiger charge is -2.20. The smallest absolute Gasteiger partial charge is 0.253 e. The van der Waals surface area contributed by atoms with Gasteiger partial charge < -0.3 is 4.90 Å². The van der Waals surface area contributed by atoms with E-state index in [1.165, 1.54) is 23.9 Å². The average molecular weight is 373 g/mol. The highest BCUT2D eigenvalue weighted by atomic mass is 32.2. The summed E-state index contributed by atoms with van der Waals surface area (Å²) in [6.07, 6.45) is 0. The average Bonchev–Trinajstić information content (AvgIpc) is 2.96. The summed E-state index contributed by atoms with van der Waals surface area (Å²) in [4.78, 5) is 22.9. The molecule has 0 aliphatic carbocycles. The van der Waals surface area contributed by atoms with Crippen LogP contribution in [-0.2, 0) is 11.3 Å². The van der Waals surface area contributed by atoms with E-state index in [2.05, 4.69) is 15.1 Å². The topological polar surface area (TPSA) is 63.4 Å². The first-order valence-corrected chi connectivity index (χ1v) is 9.08. The molecule has 1 atom stereocenters. The first-order valence-electron chi connectivity index (χ1n) is 8.20. The van der Waals surface area contributed by atoms with Crippen LogP contribution in [0, 0.1) is 19.7 Å². The second-order valence-electron chi connectivity index (χ2n) is 6.23. The van der Waals surface area contributed by atoms with Gasteiger partial charge in [0.25, 0.3) is 5.78 Å². The highest BCUT2D eigenvalue weighted by Crippen LogP contribution is 2.22. The quantitative estimate of drug-likeness (QED) is 0.643. The molecule has 0 saturated carbocycles. The lowest BCUT2D eigenvalue weighted by Crippen LogP contribution is -2.32. The van der Waals surface area contributed by atoms with E-state index >= 15 is 0 Å². The summed E-state index contributed by atoms with van der Waals surface area (Å²) in [7, 11) is 1.70. The van der Waals surface area contributed by atoms with Crippen LogP contribution >= 0.6 is 11.8 Å². The van der Waals surface area contributed by atoms with Gasteiger partial charge in [-0.1, -0.05) is 23.9 Å². The van der Waals surface area contributed by atoms with Crippen molar-refractivity contribution in [2.45, 2.75) is 37.7 Å². The summed E-state index contributed by atoms with van der Waals surface area (Å²) in [5.74, 6) is 0.148. The SMILES string of the molecule is Cc1cc(C)n2nc(SC(C)C(=O)N(C)Cc3cccc(F)c3)nc2n1. The van der Waals surface area contributed by atoms with Crippen molar-refractivity contribution in [2.75, 3.05) is 7.05 Å². The summed E-state index contributed by atoms with van der Waals surface area (Å²) in [6.45, 7) is 6.00. The number of hydrogen-bond acceptors (Lipinski definition) is 5. The molecule has 0 spiro atoms. The van der Waals surface area contributed by atoms with E-state index in [1.54, 1.807) is 28.6 Å². The van der Waals surface area contributed by atoms with Crippen LogP contribution in [0.1, 0.15) is 23.9 Å². The number of aryl methyl sites for hydroxylation is 2. The summed E-state index contributed by atoms with van der Waals surface area (Å²) < 4.78 is 15.0. The first kappa shape index (κ1) is 18.3.